The van der Waals surface area contributed by atoms with Crippen molar-refractivity contribution in [3.05, 3.63) is 29.3 Å². The van der Waals surface area contributed by atoms with Crippen molar-refractivity contribution in [2.75, 3.05) is 13.7 Å². The smallest absolute Gasteiger partial charge is 0.327 e. The van der Waals surface area contributed by atoms with Crippen LogP contribution < -0.4 is 10.5 Å². The van der Waals surface area contributed by atoms with Gasteiger partial charge in [-0.05, 0) is 36.5 Å². The Morgan fingerprint density at radius 2 is 2.00 bits per heavy atom. The summed E-state index contributed by atoms with van der Waals surface area (Å²) in [5.74, 6) is 0.179. The van der Waals surface area contributed by atoms with E-state index >= 15 is 0 Å². The molecule has 0 radical (unpaired) electrons. The van der Waals surface area contributed by atoms with Gasteiger partial charge in [0.05, 0.1) is 13.7 Å². The van der Waals surface area contributed by atoms with E-state index in [1.165, 1.54) is 0 Å². The zero-order chi connectivity index (χ0) is 15.3. The maximum atomic E-state index is 11.8. The molecular formula is C16H25NO3. The molecule has 1 aromatic carbocycles. The van der Waals surface area contributed by atoms with Crippen LogP contribution in [0.3, 0.4) is 0 Å². The molecule has 1 aromatic rings. The van der Waals surface area contributed by atoms with Crippen molar-refractivity contribution in [2.45, 2.75) is 45.6 Å². The van der Waals surface area contributed by atoms with Gasteiger partial charge in [-0.25, -0.2) is 4.79 Å². The fourth-order valence-corrected chi connectivity index (χ4v) is 1.96. The van der Waals surface area contributed by atoms with Crippen molar-refractivity contribution in [3.8, 4) is 5.75 Å². The minimum absolute atomic E-state index is 0.0232. The van der Waals surface area contributed by atoms with Gasteiger partial charge in [-0.2, -0.15) is 0 Å². The van der Waals surface area contributed by atoms with Crippen LogP contribution in [0.5, 0.6) is 5.75 Å². The monoisotopic (exact) mass is 279 g/mol. The molecule has 0 heterocycles. The van der Waals surface area contributed by atoms with Crippen molar-refractivity contribution in [3.63, 3.8) is 0 Å². The molecule has 0 saturated carbocycles. The standard InChI is InChI=1S/C16H25NO3/c1-6-16(3,4)11-8-9-13(19-5)12(10-11)14(17)15(18)20-7-2/h8-10,14H,6-7,17H2,1-5H3. The number of methoxy groups -OCH3 is 1. The van der Waals surface area contributed by atoms with Crippen molar-refractivity contribution in [2.24, 2.45) is 5.73 Å². The Kier molecular flexibility index (Phi) is 5.57. The number of ether oxygens (including phenoxy) is 2. The number of hydrogen-bond donors (Lipinski definition) is 1. The maximum absolute atomic E-state index is 11.8. The van der Waals surface area contributed by atoms with Gasteiger partial charge in [-0.15, -0.1) is 0 Å². The number of carbonyl (C=O) groups excluding carboxylic acids is 1. The van der Waals surface area contributed by atoms with Crippen molar-refractivity contribution in [1.29, 1.82) is 0 Å². The molecule has 1 rings (SSSR count). The van der Waals surface area contributed by atoms with Crippen LogP contribution in [-0.2, 0) is 14.9 Å². The van der Waals surface area contributed by atoms with E-state index in [9.17, 15) is 4.79 Å². The number of nitrogens with two attached hydrogens (primary N) is 1. The number of esters is 1. The van der Waals surface area contributed by atoms with Gasteiger partial charge in [0.25, 0.3) is 0 Å². The van der Waals surface area contributed by atoms with Gasteiger partial charge in [0.2, 0.25) is 0 Å². The van der Waals surface area contributed by atoms with Gasteiger partial charge in [0.15, 0.2) is 0 Å². The first-order valence-corrected chi connectivity index (χ1v) is 6.98. The molecule has 0 aliphatic rings. The SMILES string of the molecule is CCOC(=O)C(N)c1cc(C(C)(C)CC)ccc1OC. The lowest BCUT2D eigenvalue weighted by molar-refractivity contribution is -0.144. The molecule has 0 bridgehead atoms. The van der Waals surface area contributed by atoms with E-state index in [0.29, 0.717) is 17.9 Å². The van der Waals surface area contributed by atoms with E-state index in [-0.39, 0.29) is 5.41 Å². The molecule has 20 heavy (non-hydrogen) atoms. The second-order valence-corrected chi connectivity index (χ2v) is 5.42. The van der Waals surface area contributed by atoms with E-state index in [0.717, 1.165) is 12.0 Å². The Labute approximate surface area is 121 Å². The molecule has 1 atom stereocenters. The second kappa shape index (κ2) is 6.75. The Bertz CT molecular complexity index is 469. The van der Waals surface area contributed by atoms with Crippen LogP contribution in [0.25, 0.3) is 0 Å². The Morgan fingerprint density at radius 3 is 2.50 bits per heavy atom. The summed E-state index contributed by atoms with van der Waals surface area (Å²) in [7, 11) is 1.57. The molecule has 112 valence electrons. The topological polar surface area (TPSA) is 61.5 Å². The molecule has 0 fully saturated rings. The van der Waals surface area contributed by atoms with Crippen LogP contribution in [0.2, 0.25) is 0 Å². The van der Waals surface area contributed by atoms with E-state index in [1.807, 2.05) is 18.2 Å². The molecule has 0 aliphatic heterocycles. The molecule has 0 saturated heterocycles. The summed E-state index contributed by atoms with van der Waals surface area (Å²) in [6, 6.07) is 5.01. The van der Waals surface area contributed by atoms with Crippen LogP contribution >= 0.6 is 0 Å². The predicted molar refractivity (Wildman–Crippen MR) is 79.9 cm³/mol. The number of hydrogen-bond acceptors (Lipinski definition) is 4. The van der Waals surface area contributed by atoms with Gasteiger partial charge in [-0.3, -0.25) is 0 Å². The minimum atomic E-state index is -0.822. The Hall–Kier alpha value is -1.55. The first kappa shape index (κ1) is 16.5. The lowest BCUT2D eigenvalue weighted by atomic mass is 9.81. The van der Waals surface area contributed by atoms with Gasteiger partial charge in [0.1, 0.15) is 11.8 Å². The second-order valence-electron chi connectivity index (χ2n) is 5.42. The molecule has 1 unspecified atom stereocenters. The normalized spacial score (nSPS) is 12.9. The third kappa shape index (κ3) is 3.51. The summed E-state index contributed by atoms with van der Waals surface area (Å²) in [6.07, 6.45) is 0.993. The summed E-state index contributed by atoms with van der Waals surface area (Å²) < 4.78 is 10.3. The summed E-state index contributed by atoms with van der Waals surface area (Å²) in [4.78, 5) is 11.8. The fraction of sp³-hybridized carbons (Fsp3) is 0.562. The zero-order valence-corrected chi connectivity index (χ0v) is 13.0. The van der Waals surface area contributed by atoms with Crippen molar-refractivity contribution >= 4 is 5.97 Å². The van der Waals surface area contributed by atoms with Crippen LogP contribution in [-0.4, -0.2) is 19.7 Å². The zero-order valence-electron chi connectivity index (χ0n) is 13.0. The lowest BCUT2D eigenvalue weighted by Gasteiger charge is -2.25. The first-order valence-electron chi connectivity index (χ1n) is 6.98. The largest absolute Gasteiger partial charge is 0.496 e. The quantitative estimate of drug-likeness (QED) is 0.813. The van der Waals surface area contributed by atoms with E-state index < -0.39 is 12.0 Å². The average molecular weight is 279 g/mol. The Morgan fingerprint density at radius 1 is 1.35 bits per heavy atom. The van der Waals surface area contributed by atoms with Crippen LogP contribution in [0, 0.1) is 0 Å². The molecule has 4 nitrogen and oxygen atoms in total. The molecule has 2 N–H and O–H groups in total. The summed E-state index contributed by atoms with van der Waals surface area (Å²) in [5.41, 5.74) is 7.83. The third-order valence-electron chi connectivity index (χ3n) is 3.77. The van der Waals surface area contributed by atoms with Gasteiger partial charge in [0, 0.05) is 5.56 Å². The molecule has 0 amide bonds. The summed E-state index contributed by atoms with van der Waals surface area (Å²) in [5, 5.41) is 0. The number of benzene rings is 1. The van der Waals surface area contributed by atoms with E-state index in [2.05, 4.69) is 20.8 Å². The molecular weight excluding hydrogens is 254 g/mol. The number of carbonyl (C=O) groups is 1. The van der Waals surface area contributed by atoms with Crippen molar-refractivity contribution in [1.82, 2.24) is 0 Å². The predicted octanol–water partition coefficient (Wildman–Crippen LogP) is 2.95. The van der Waals surface area contributed by atoms with Gasteiger partial charge < -0.3 is 15.2 Å². The van der Waals surface area contributed by atoms with Crippen LogP contribution in [0.1, 0.15) is 51.3 Å². The first-order chi connectivity index (χ1) is 9.37. The fourth-order valence-electron chi connectivity index (χ4n) is 1.96. The lowest BCUT2D eigenvalue weighted by Crippen LogP contribution is -2.25. The summed E-state index contributed by atoms with van der Waals surface area (Å²) in [6.45, 7) is 8.53. The highest BCUT2D eigenvalue weighted by atomic mass is 16.5. The molecule has 0 aliphatic carbocycles. The minimum Gasteiger partial charge on any atom is -0.496 e. The Balaban J connectivity index is 3.22. The van der Waals surface area contributed by atoms with E-state index in [4.69, 9.17) is 15.2 Å². The van der Waals surface area contributed by atoms with Gasteiger partial charge in [-0.1, -0.05) is 26.8 Å². The molecule has 0 spiro atoms. The molecule has 0 aromatic heterocycles. The summed E-state index contributed by atoms with van der Waals surface area (Å²) >= 11 is 0. The van der Waals surface area contributed by atoms with Crippen LogP contribution in [0.15, 0.2) is 18.2 Å². The van der Waals surface area contributed by atoms with Crippen LogP contribution in [0.4, 0.5) is 0 Å². The average Bonchev–Trinajstić information content (AvgIpc) is 2.45. The van der Waals surface area contributed by atoms with Crippen molar-refractivity contribution < 1.29 is 14.3 Å². The molecule has 4 heteroatoms. The highest BCUT2D eigenvalue weighted by molar-refractivity contribution is 5.78. The highest BCUT2D eigenvalue weighted by Crippen LogP contribution is 2.33. The van der Waals surface area contributed by atoms with E-state index in [1.54, 1.807) is 14.0 Å². The van der Waals surface area contributed by atoms with Gasteiger partial charge >= 0.3 is 5.97 Å². The maximum Gasteiger partial charge on any atom is 0.327 e. The highest BCUT2D eigenvalue weighted by Gasteiger charge is 2.25. The number of rotatable bonds is 6. The third-order valence-corrected chi connectivity index (χ3v) is 3.77.